The number of hydrogen-bond donors (Lipinski definition) is 0. The van der Waals surface area contributed by atoms with E-state index in [-0.39, 0.29) is 0 Å². The molecular weight excluding hydrogens is 288 g/mol. The van der Waals surface area contributed by atoms with Crippen molar-refractivity contribution in [3.8, 4) is 0 Å². The van der Waals surface area contributed by atoms with E-state index in [4.69, 9.17) is 0 Å². The molecule has 4 nitrogen and oxygen atoms in total. The molecule has 18 heavy (non-hydrogen) atoms. The molecule has 0 N–H and O–H groups in total. The molecular formula is C11H12N2O2S3. The number of aromatic nitrogens is 1. The lowest BCUT2D eigenvalue weighted by Gasteiger charge is -2.17. The average Bonchev–Trinajstić information content (AvgIpc) is 2.91. The summed E-state index contributed by atoms with van der Waals surface area (Å²) in [5.41, 5.74) is 0. The molecule has 0 aliphatic rings. The number of benzene rings is 1. The number of anilines is 1. The highest BCUT2D eigenvalue weighted by Crippen LogP contribution is 2.29. The molecule has 0 aliphatic heterocycles. The van der Waals surface area contributed by atoms with Gasteiger partial charge in [-0.25, -0.2) is 17.7 Å². The molecule has 1 aromatic carbocycles. The zero-order chi connectivity index (χ0) is 13.2. The minimum Gasteiger partial charge on any atom is -0.244 e. The van der Waals surface area contributed by atoms with E-state index in [1.54, 1.807) is 29.8 Å². The van der Waals surface area contributed by atoms with Gasteiger partial charge in [-0.2, -0.15) is 0 Å². The first kappa shape index (κ1) is 13.4. The molecule has 0 fully saturated rings. The normalized spacial score (nSPS) is 11.4. The Hall–Kier alpha value is -1.05. The van der Waals surface area contributed by atoms with Crippen LogP contribution >= 0.6 is 23.1 Å². The van der Waals surface area contributed by atoms with Crippen molar-refractivity contribution in [2.75, 3.05) is 17.6 Å². The standard InChI is InChI=1S/C11H12N2O2S3/c1-13(11-12-7-8-17-11)18(14,15)10-6-4-3-5-9(10)16-2/h3-8H,1-2H3. The van der Waals surface area contributed by atoms with Crippen LogP contribution in [0, 0.1) is 0 Å². The lowest BCUT2D eigenvalue weighted by molar-refractivity contribution is 0.592. The first-order valence-electron chi connectivity index (χ1n) is 5.09. The molecule has 0 saturated carbocycles. The van der Waals surface area contributed by atoms with E-state index in [0.717, 1.165) is 4.90 Å². The number of rotatable bonds is 4. The fourth-order valence-corrected chi connectivity index (χ4v) is 4.56. The van der Waals surface area contributed by atoms with Crippen molar-refractivity contribution in [3.63, 3.8) is 0 Å². The van der Waals surface area contributed by atoms with Crippen molar-refractivity contribution in [2.24, 2.45) is 0 Å². The van der Waals surface area contributed by atoms with Crippen molar-refractivity contribution in [1.82, 2.24) is 4.98 Å². The Morgan fingerprint density at radius 3 is 2.67 bits per heavy atom. The topological polar surface area (TPSA) is 50.3 Å². The number of sulfonamides is 1. The monoisotopic (exact) mass is 300 g/mol. The highest BCUT2D eigenvalue weighted by molar-refractivity contribution is 8.00. The zero-order valence-electron chi connectivity index (χ0n) is 9.90. The van der Waals surface area contributed by atoms with Gasteiger partial charge >= 0.3 is 0 Å². The van der Waals surface area contributed by atoms with Gasteiger partial charge in [-0.1, -0.05) is 12.1 Å². The van der Waals surface area contributed by atoms with Crippen LogP contribution in [0.1, 0.15) is 0 Å². The number of nitrogens with zero attached hydrogens (tertiary/aromatic N) is 2. The van der Waals surface area contributed by atoms with Crippen LogP contribution < -0.4 is 4.31 Å². The van der Waals surface area contributed by atoms with E-state index < -0.39 is 10.0 Å². The van der Waals surface area contributed by atoms with Gasteiger partial charge in [0.15, 0.2) is 5.13 Å². The van der Waals surface area contributed by atoms with Gasteiger partial charge in [0, 0.05) is 23.5 Å². The third-order valence-electron chi connectivity index (χ3n) is 2.40. The molecule has 2 rings (SSSR count). The van der Waals surface area contributed by atoms with E-state index in [0.29, 0.717) is 10.0 Å². The Bertz CT molecular complexity index is 623. The van der Waals surface area contributed by atoms with Crippen LogP contribution in [-0.2, 0) is 10.0 Å². The maximum atomic E-state index is 12.5. The predicted molar refractivity (Wildman–Crippen MR) is 75.9 cm³/mol. The Morgan fingerprint density at radius 1 is 1.33 bits per heavy atom. The number of thioether (sulfide) groups is 1. The molecule has 0 spiro atoms. The quantitative estimate of drug-likeness (QED) is 0.815. The van der Waals surface area contributed by atoms with Gasteiger partial charge in [-0.3, -0.25) is 0 Å². The maximum Gasteiger partial charge on any atom is 0.266 e. The molecule has 96 valence electrons. The Kier molecular flexibility index (Phi) is 3.94. The third kappa shape index (κ3) is 2.38. The summed E-state index contributed by atoms with van der Waals surface area (Å²) in [7, 11) is -2.03. The lowest BCUT2D eigenvalue weighted by atomic mass is 10.4. The summed E-state index contributed by atoms with van der Waals surface area (Å²) in [6, 6.07) is 6.97. The molecule has 0 bridgehead atoms. The molecule has 0 amide bonds. The smallest absolute Gasteiger partial charge is 0.244 e. The highest BCUT2D eigenvalue weighted by atomic mass is 32.2. The highest BCUT2D eigenvalue weighted by Gasteiger charge is 2.25. The second kappa shape index (κ2) is 5.29. The Labute approximate surface area is 115 Å². The second-order valence-corrected chi connectivity index (χ2v) is 7.10. The average molecular weight is 300 g/mol. The number of hydrogen-bond acceptors (Lipinski definition) is 5. The molecule has 1 heterocycles. The van der Waals surface area contributed by atoms with Crippen molar-refractivity contribution >= 4 is 38.3 Å². The Balaban J connectivity index is 2.49. The van der Waals surface area contributed by atoms with Gasteiger partial charge in [0.1, 0.15) is 4.90 Å². The molecule has 0 aliphatic carbocycles. The minimum absolute atomic E-state index is 0.315. The first-order chi connectivity index (χ1) is 8.57. The van der Waals surface area contributed by atoms with Crippen molar-refractivity contribution in [2.45, 2.75) is 9.79 Å². The van der Waals surface area contributed by atoms with Crippen LogP contribution in [0.5, 0.6) is 0 Å². The lowest BCUT2D eigenvalue weighted by Crippen LogP contribution is -2.26. The summed E-state index contributed by atoms with van der Waals surface area (Å²) in [6.45, 7) is 0. The predicted octanol–water partition coefficient (Wildman–Crippen LogP) is 2.69. The van der Waals surface area contributed by atoms with Gasteiger partial charge in [-0.05, 0) is 18.4 Å². The van der Waals surface area contributed by atoms with E-state index in [1.807, 2.05) is 12.3 Å². The van der Waals surface area contributed by atoms with Crippen molar-refractivity contribution < 1.29 is 8.42 Å². The van der Waals surface area contributed by atoms with Gasteiger partial charge in [0.05, 0.1) is 0 Å². The largest absolute Gasteiger partial charge is 0.266 e. The molecule has 2 aromatic rings. The first-order valence-corrected chi connectivity index (χ1v) is 8.63. The van der Waals surface area contributed by atoms with Crippen molar-refractivity contribution in [1.29, 1.82) is 0 Å². The minimum atomic E-state index is -3.54. The fraction of sp³-hybridized carbons (Fsp3) is 0.182. The summed E-state index contributed by atoms with van der Waals surface area (Å²) < 4.78 is 26.2. The van der Waals surface area contributed by atoms with Gasteiger partial charge in [-0.15, -0.1) is 23.1 Å². The van der Waals surface area contributed by atoms with Gasteiger partial charge in [0.25, 0.3) is 10.0 Å². The third-order valence-corrected chi connectivity index (χ3v) is 6.09. The summed E-state index contributed by atoms with van der Waals surface area (Å²) in [4.78, 5) is 5.07. The van der Waals surface area contributed by atoms with E-state index >= 15 is 0 Å². The SMILES string of the molecule is CSc1ccccc1S(=O)(=O)N(C)c1nccs1. The molecule has 0 atom stereocenters. The maximum absolute atomic E-state index is 12.5. The summed E-state index contributed by atoms with van der Waals surface area (Å²) >= 11 is 2.71. The fourth-order valence-electron chi connectivity index (χ4n) is 1.45. The summed E-state index contributed by atoms with van der Waals surface area (Å²) in [5, 5.41) is 2.22. The molecule has 7 heteroatoms. The van der Waals surface area contributed by atoms with E-state index in [1.165, 1.54) is 34.5 Å². The van der Waals surface area contributed by atoms with Crippen LogP contribution in [0.15, 0.2) is 45.6 Å². The van der Waals surface area contributed by atoms with E-state index in [9.17, 15) is 8.42 Å². The molecule has 1 aromatic heterocycles. The van der Waals surface area contributed by atoms with Crippen molar-refractivity contribution in [3.05, 3.63) is 35.8 Å². The van der Waals surface area contributed by atoms with Gasteiger partial charge in [0.2, 0.25) is 0 Å². The van der Waals surface area contributed by atoms with Crippen LogP contribution in [-0.4, -0.2) is 26.7 Å². The van der Waals surface area contributed by atoms with Gasteiger partial charge < -0.3 is 0 Å². The summed E-state index contributed by atoms with van der Waals surface area (Å²) in [5.74, 6) is 0. The van der Waals surface area contributed by atoms with Crippen LogP contribution in [0.2, 0.25) is 0 Å². The van der Waals surface area contributed by atoms with E-state index in [2.05, 4.69) is 4.98 Å². The van der Waals surface area contributed by atoms with Crippen LogP contribution in [0.3, 0.4) is 0 Å². The summed E-state index contributed by atoms with van der Waals surface area (Å²) in [6.07, 6.45) is 3.45. The second-order valence-electron chi connectivity index (χ2n) is 3.44. The Morgan fingerprint density at radius 2 is 2.06 bits per heavy atom. The number of thiazole rings is 1. The zero-order valence-corrected chi connectivity index (χ0v) is 12.3. The molecule has 0 saturated heterocycles. The molecule has 0 radical (unpaired) electrons. The van der Waals surface area contributed by atoms with Crippen LogP contribution in [0.4, 0.5) is 5.13 Å². The molecule has 0 unspecified atom stereocenters. The van der Waals surface area contributed by atoms with Crippen LogP contribution in [0.25, 0.3) is 0 Å².